The molecule has 1 amide bonds. The third-order valence-electron chi connectivity index (χ3n) is 4.35. The number of hydrogen-bond acceptors (Lipinski definition) is 5. The molecule has 132 valence electrons. The average Bonchev–Trinajstić information content (AvgIpc) is 3.16. The first-order valence-electron chi connectivity index (χ1n) is 8.56. The van der Waals surface area contributed by atoms with Crippen LogP contribution in [0.25, 0.3) is 11.1 Å². The monoisotopic (exact) mass is 341 g/mol. The summed E-state index contributed by atoms with van der Waals surface area (Å²) in [5, 5.41) is 3.93. The van der Waals surface area contributed by atoms with Crippen LogP contribution in [-0.2, 0) is 13.0 Å². The number of carbonyl (C=O) groups is 1. The molecule has 0 aliphatic heterocycles. The van der Waals surface area contributed by atoms with E-state index in [0.717, 1.165) is 53.3 Å². The lowest BCUT2D eigenvalue weighted by molar-refractivity contribution is 0.0784. The topological polar surface area (TPSA) is 72.4 Å². The third-order valence-corrected chi connectivity index (χ3v) is 4.35. The Balaban J connectivity index is 1.79. The Morgan fingerprint density at radius 2 is 2.08 bits per heavy atom. The van der Waals surface area contributed by atoms with Crippen molar-refractivity contribution < 1.29 is 13.7 Å². The van der Waals surface area contributed by atoms with Gasteiger partial charge in [-0.25, -0.2) is 4.98 Å². The Labute approximate surface area is 146 Å². The summed E-state index contributed by atoms with van der Waals surface area (Å²) in [6, 6.07) is 5.39. The second-order valence-electron chi connectivity index (χ2n) is 6.36. The highest BCUT2D eigenvalue weighted by Crippen LogP contribution is 2.20. The molecule has 0 saturated heterocycles. The summed E-state index contributed by atoms with van der Waals surface area (Å²) < 4.78 is 10.9. The Kier molecular flexibility index (Phi) is 4.88. The molecule has 0 N–H and O–H groups in total. The minimum atomic E-state index is -0.0694. The quantitative estimate of drug-likeness (QED) is 0.676. The van der Waals surface area contributed by atoms with Crippen LogP contribution in [0.15, 0.2) is 27.1 Å². The Morgan fingerprint density at radius 1 is 1.28 bits per heavy atom. The summed E-state index contributed by atoms with van der Waals surface area (Å²) in [5.74, 6) is 1.40. The van der Waals surface area contributed by atoms with Crippen LogP contribution in [0.2, 0.25) is 0 Å². The molecule has 2 aromatic heterocycles. The molecule has 0 spiro atoms. The number of amides is 1. The number of rotatable bonds is 6. The number of aryl methyl sites for hydroxylation is 3. The largest absolute Gasteiger partial charge is 0.441 e. The first-order valence-corrected chi connectivity index (χ1v) is 8.56. The van der Waals surface area contributed by atoms with E-state index in [-0.39, 0.29) is 5.91 Å². The number of oxazole rings is 1. The van der Waals surface area contributed by atoms with E-state index in [1.807, 2.05) is 19.9 Å². The van der Waals surface area contributed by atoms with Crippen molar-refractivity contribution in [3.8, 4) is 0 Å². The number of aromatic nitrogens is 2. The van der Waals surface area contributed by atoms with Crippen molar-refractivity contribution in [2.24, 2.45) is 0 Å². The van der Waals surface area contributed by atoms with E-state index in [1.165, 1.54) is 0 Å². The predicted octanol–water partition coefficient (Wildman–Crippen LogP) is 4.05. The first-order chi connectivity index (χ1) is 12.0. The molecular weight excluding hydrogens is 318 g/mol. The van der Waals surface area contributed by atoms with E-state index in [0.29, 0.717) is 12.1 Å². The summed E-state index contributed by atoms with van der Waals surface area (Å²) in [4.78, 5) is 18.9. The number of nitrogens with zero attached hydrogens (tertiary/aromatic N) is 3. The lowest BCUT2D eigenvalue weighted by Gasteiger charge is -2.17. The SMILES string of the molecule is CCCCc1nc2cc(C(=O)N(C)Cc3c(C)noc3C)ccc2o1. The van der Waals surface area contributed by atoms with Crippen LogP contribution in [0, 0.1) is 13.8 Å². The van der Waals surface area contributed by atoms with Crippen LogP contribution in [-0.4, -0.2) is 28.0 Å². The minimum absolute atomic E-state index is 0.0694. The van der Waals surface area contributed by atoms with Crippen LogP contribution in [0.4, 0.5) is 0 Å². The highest BCUT2D eigenvalue weighted by atomic mass is 16.5. The van der Waals surface area contributed by atoms with Crippen molar-refractivity contribution in [2.45, 2.75) is 46.6 Å². The summed E-state index contributed by atoms with van der Waals surface area (Å²) >= 11 is 0. The fraction of sp³-hybridized carbons (Fsp3) is 0.421. The van der Waals surface area contributed by atoms with Crippen LogP contribution in [0.5, 0.6) is 0 Å². The number of benzene rings is 1. The van der Waals surface area contributed by atoms with Gasteiger partial charge in [-0.2, -0.15) is 0 Å². The Morgan fingerprint density at radius 3 is 2.76 bits per heavy atom. The van der Waals surface area contributed by atoms with Gasteiger partial charge in [0.25, 0.3) is 5.91 Å². The van der Waals surface area contributed by atoms with E-state index in [1.54, 1.807) is 24.1 Å². The molecule has 1 aromatic carbocycles. The zero-order valence-corrected chi connectivity index (χ0v) is 15.1. The van der Waals surface area contributed by atoms with Gasteiger partial charge in [0, 0.05) is 24.6 Å². The van der Waals surface area contributed by atoms with Gasteiger partial charge in [-0.05, 0) is 38.5 Å². The van der Waals surface area contributed by atoms with Gasteiger partial charge in [0.1, 0.15) is 11.3 Å². The second kappa shape index (κ2) is 7.09. The molecule has 2 heterocycles. The number of fused-ring (bicyclic) bond motifs is 1. The fourth-order valence-electron chi connectivity index (χ4n) is 2.80. The molecule has 3 rings (SSSR count). The summed E-state index contributed by atoms with van der Waals surface area (Å²) in [7, 11) is 1.77. The van der Waals surface area contributed by atoms with Crippen molar-refractivity contribution in [2.75, 3.05) is 7.05 Å². The van der Waals surface area contributed by atoms with Crippen LogP contribution in [0.1, 0.15) is 53.0 Å². The van der Waals surface area contributed by atoms with E-state index in [4.69, 9.17) is 8.94 Å². The van der Waals surface area contributed by atoms with Crippen molar-refractivity contribution in [1.82, 2.24) is 15.0 Å². The minimum Gasteiger partial charge on any atom is -0.441 e. The first kappa shape index (κ1) is 17.2. The van der Waals surface area contributed by atoms with Gasteiger partial charge in [0.05, 0.1) is 12.2 Å². The van der Waals surface area contributed by atoms with Crippen molar-refractivity contribution >= 4 is 17.0 Å². The smallest absolute Gasteiger partial charge is 0.253 e. The van der Waals surface area contributed by atoms with Crippen molar-refractivity contribution in [1.29, 1.82) is 0 Å². The van der Waals surface area contributed by atoms with Gasteiger partial charge in [-0.3, -0.25) is 4.79 Å². The number of carbonyl (C=O) groups excluding carboxylic acids is 1. The zero-order chi connectivity index (χ0) is 18.0. The van der Waals surface area contributed by atoms with E-state index in [2.05, 4.69) is 17.1 Å². The standard InChI is InChI=1S/C19H23N3O3/c1-5-6-7-18-20-16-10-14(8-9-17(16)24-18)19(23)22(4)11-15-12(2)21-25-13(15)3/h8-10H,5-7,11H2,1-4H3. The van der Waals surface area contributed by atoms with E-state index < -0.39 is 0 Å². The van der Waals surface area contributed by atoms with Gasteiger partial charge >= 0.3 is 0 Å². The molecule has 0 fully saturated rings. The average molecular weight is 341 g/mol. The number of unbranched alkanes of at least 4 members (excludes halogenated alkanes) is 1. The molecule has 0 saturated carbocycles. The van der Waals surface area contributed by atoms with E-state index in [9.17, 15) is 4.79 Å². The molecule has 6 nitrogen and oxygen atoms in total. The van der Waals surface area contributed by atoms with Crippen LogP contribution < -0.4 is 0 Å². The number of hydrogen-bond donors (Lipinski definition) is 0. The molecule has 25 heavy (non-hydrogen) atoms. The maximum atomic E-state index is 12.7. The lowest BCUT2D eigenvalue weighted by Crippen LogP contribution is -2.26. The van der Waals surface area contributed by atoms with E-state index >= 15 is 0 Å². The highest BCUT2D eigenvalue weighted by molar-refractivity contribution is 5.97. The van der Waals surface area contributed by atoms with Gasteiger partial charge < -0.3 is 13.8 Å². The lowest BCUT2D eigenvalue weighted by atomic mass is 10.1. The molecular formula is C19H23N3O3. The van der Waals surface area contributed by atoms with Gasteiger partial charge in [-0.15, -0.1) is 0 Å². The predicted molar refractivity (Wildman–Crippen MR) is 94.4 cm³/mol. The normalized spacial score (nSPS) is 11.2. The third kappa shape index (κ3) is 3.57. The maximum Gasteiger partial charge on any atom is 0.253 e. The molecule has 0 aliphatic carbocycles. The molecule has 6 heteroatoms. The zero-order valence-electron chi connectivity index (χ0n) is 15.1. The molecule has 0 aliphatic rings. The van der Waals surface area contributed by atoms with Crippen molar-refractivity contribution in [3.63, 3.8) is 0 Å². The van der Waals surface area contributed by atoms with Crippen LogP contribution in [0.3, 0.4) is 0 Å². The molecule has 0 bridgehead atoms. The molecule has 0 atom stereocenters. The maximum absolute atomic E-state index is 12.7. The summed E-state index contributed by atoms with van der Waals surface area (Å²) in [6.07, 6.45) is 2.95. The van der Waals surface area contributed by atoms with Gasteiger partial charge in [-0.1, -0.05) is 18.5 Å². The molecule has 0 unspecified atom stereocenters. The second-order valence-corrected chi connectivity index (χ2v) is 6.36. The summed E-state index contributed by atoms with van der Waals surface area (Å²) in [6.45, 7) is 6.32. The molecule has 0 radical (unpaired) electrons. The highest BCUT2D eigenvalue weighted by Gasteiger charge is 2.18. The fourth-order valence-corrected chi connectivity index (χ4v) is 2.80. The summed E-state index contributed by atoms with van der Waals surface area (Å²) in [5.41, 5.74) is 3.79. The Hall–Kier alpha value is -2.63. The van der Waals surface area contributed by atoms with Gasteiger partial charge in [0.15, 0.2) is 11.5 Å². The van der Waals surface area contributed by atoms with Gasteiger partial charge in [0.2, 0.25) is 0 Å². The Bertz CT molecular complexity index is 875. The molecule has 3 aromatic rings. The van der Waals surface area contributed by atoms with Crippen LogP contribution >= 0.6 is 0 Å². The van der Waals surface area contributed by atoms with Crippen molar-refractivity contribution in [3.05, 3.63) is 46.7 Å².